The van der Waals surface area contributed by atoms with Crippen molar-refractivity contribution in [3.8, 4) is 5.75 Å². The predicted octanol–water partition coefficient (Wildman–Crippen LogP) is 3.90. The van der Waals surface area contributed by atoms with E-state index >= 15 is 0 Å². The molecule has 7 nitrogen and oxygen atoms in total. The lowest BCUT2D eigenvalue weighted by Gasteiger charge is -2.36. The zero-order valence-corrected chi connectivity index (χ0v) is 20.5. The van der Waals surface area contributed by atoms with Gasteiger partial charge in [-0.15, -0.1) is 0 Å². The lowest BCUT2D eigenvalue weighted by atomic mass is 10.2. The molecule has 32 heavy (non-hydrogen) atoms. The van der Waals surface area contributed by atoms with Crippen LogP contribution in [0.25, 0.3) is 0 Å². The van der Waals surface area contributed by atoms with Gasteiger partial charge in [-0.1, -0.05) is 23.2 Å². The number of piperazine rings is 1. The largest absolute Gasteiger partial charge is 0.497 e. The molecule has 2 aromatic rings. The van der Waals surface area contributed by atoms with Crippen LogP contribution in [-0.4, -0.2) is 65.3 Å². The van der Waals surface area contributed by atoms with Crippen molar-refractivity contribution in [2.24, 2.45) is 0 Å². The summed E-state index contributed by atoms with van der Waals surface area (Å²) in [6, 6.07) is 12.5. The molecule has 10 heteroatoms. The Balaban J connectivity index is 1.53. The smallest absolute Gasteiger partial charge is 0.232 e. The van der Waals surface area contributed by atoms with Gasteiger partial charge in [0.25, 0.3) is 0 Å². The summed E-state index contributed by atoms with van der Waals surface area (Å²) in [5, 5.41) is 0.685. The molecule has 3 rings (SSSR count). The van der Waals surface area contributed by atoms with E-state index in [1.807, 2.05) is 29.2 Å². The van der Waals surface area contributed by atoms with Crippen LogP contribution >= 0.6 is 23.2 Å². The van der Waals surface area contributed by atoms with E-state index in [1.165, 1.54) is 10.4 Å². The van der Waals surface area contributed by atoms with Gasteiger partial charge in [0.1, 0.15) is 5.75 Å². The van der Waals surface area contributed by atoms with Crippen LogP contribution in [0, 0.1) is 0 Å². The molecule has 1 aliphatic rings. The Morgan fingerprint density at radius 3 is 2.31 bits per heavy atom. The number of hydrogen-bond donors (Lipinski definition) is 0. The molecule has 0 spiro atoms. The second-order valence-electron chi connectivity index (χ2n) is 7.60. The van der Waals surface area contributed by atoms with Crippen LogP contribution in [0.5, 0.6) is 5.75 Å². The standard InChI is InChI=1S/C22H27Cl2N3O4S/c1-31-19-8-6-18(7-9-19)25-12-14-26(15-13-25)22(28)4-3-11-27(32(2,29)30)21-16-17(23)5-10-20(21)24/h5-10,16H,3-4,11-15H2,1-2H3. The fourth-order valence-corrected chi connectivity index (χ4v) is 5.09. The number of nitrogens with zero attached hydrogens (tertiary/aromatic N) is 3. The third-order valence-corrected chi connectivity index (χ3v) is 7.13. The minimum absolute atomic E-state index is 0.0185. The molecular weight excluding hydrogens is 473 g/mol. The first-order valence-electron chi connectivity index (χ1n) is 10.3. The average molecular weight is 500 g/mol. The molecule has 0 aromatic heterocycles. The topological polar surface area (TPSA) is 70.2 Å². The maximum Gasteiger partial charge on any atom is 0.232 e. The van der Waals surface area contributed by atoms with Crippen LogP contribution in [0.2, 0.25) is 10.0 Å². The summed E-state index contributed by atoms with van der Waals surface area (Å²) in [5.41, 5.74) is 1.42. The summed E-state index contributed by atoms with van der Waals surface area (Å²) < 4.78 is 31.0. The molecule has 0 unspecified atom stereocenters. The molecule has 0 radical (unpaired) electrons. The van der Waals surface area contributed by atoms with E-state index in [0.717, 1.165) is 30.8 Å². The van der Waals surface area contributed by atoms with Crippen molar-refractivity contribution in [3.63, 3.8) is 0 Å². The maximum absolute atomic E-state index is 12.7. The molecule has 1 heterocycles. The van der Waals surface area contributed by atoms with E-state index in [0.29, 0.717) is 35.2 Å². The van der Waals surface area contributed by atoms with Gasteiger partial charge in [-0.25, -0.2) is 8.42 Å². The van der Waals surface area contributed by atoms with Crippen LogP contribution in [0.1, 0.15) is 12.8 Å². The number of sulfonamides is 1. The molecule has 1 saturated heterocycles. The fourth-order valence-electron chi connectivity index (χ4n) is 3.68. The molecule has 0 atom stereocenters. The summed E-state index contributed by atoms with van der Waals surface area (Å²) in [4.78, 5) is 16.8. The van der Waals surface area contributed by atoms with Crippen LogP contribution in [0.4, 0.5) is 11.4 Å². The van der Waals surface area contributed by atoms with Crippen molar-refractivity contribution in [1.29, 1.82) is 0 Å². The monoisotopic (exact) mass is 499 g/mol. The molecule has 1 aliphatic heterocycles. The van der Waals surface area contributed by atoms with E-state index in [-0.39, 0.29) is 18.9 Å². The van der Waals surface area contributed by atoms with Gasteiger partial charge in [0.2, 0.25) is 15.9 Å². The SMILES string of the molecule is COc1ccc(N2CCN(C(=O)CCCN(c3cc(Cl)ccc3Cl)S(C)(=O)=O)CC2)cc1. The molecular formula is C22H27Cl2N3O4S. The lowest BCUT2D eigenvalue weighted by Crippen LogP contribution is -2.48. The molecule has 0 saturated carbocycles. The number of amides is 1. The number of benzene rings is 2. The normalized spacial score (nSPS) is 14.4. The highest BCUT2D eigenvalue weighted by molar-refractivity contribution is 7.92. The average Bonchev–Trinajstić information content (AvgIpc) is 2.78. The summed E-state index contributed by atoms with van der Waals surface area (Å²) in [6.45, 7) is 2.88. The van der Waals surface area contributed by atoms with Gasteiger partial charge in [-0.05, 0) is 48.9 Å². The van der Waals surface area contributed by atoms with Gasteiger partial charge in [-0.2, -0.15) is 0 Å². The Kier molecular flexibility index (Phi) is 8.14. The summed E-state index contributed by atoms with van der Waals surface area (Å²) in [7, 11) is -1.94. The third kappa shape index (κ3) is 6.21. The minimum atomic E-state index is -3.57. The molecule has 174 valence electrons. The molecule has 1 amide bonds. The Hall–Kier alpha value is -2.16. The minimum Gasteiger partial charge on any atom is -0.497 e. The number of carbonyl (C=O) groups excluding carboxylic acids is 1. The highest BCUT2D eigenvalue weighted by Gasteiger charge is 2.23. The van der Waals surface area contributed by atoms with E-state index < -0.39 is 10.0 Å². The lowest BCUT2D eigenvalue weighted by molar-refractivity contribution is -0.131. The molecule has 0 N–H and O–H groups in total. The molecule has 2 aromatic carbocycles. The zero-order valence-electron chi connectivity index (χ0n) is 18.1. The van der Waals surface area contributed by atoms with Crippen LogP contribution in [-0.2, 0) is 14.8 Å². The van der Waals surface area contributed by atoms with E-state index in [2.05, 4.69) is 4.90 Å². The molecule has 1 fully saturated rings. The summed E-state index contributed by atoms with van der Waals surface area (Å²) >= 11 is 12.2. The predicted molar refractivity (Wildman–Crippen MR) is 130 cm³/mol. The number of hydrogen-bond acceptors (Lipinski definition) is 5. The quantitative estimate of drug-likeness (QED) is 0.550. The van der Waals surface area contributed by atoms with Crippen molar-refractivity contribution < 1.29 is 17.9 Å². The van der Waals surface area contributed by atoms with Gasteiger partial charge >= 0.3 is 0 Å². The first-order valence-corrected chi connectivity index (χ1v) is 12.9. The van der Waals surface area contributed by atoms with Crippen LogP contribution in [0.15, 0.2) is 42.5 Å². The van der Waals surface area contributed by atoms with Crippen LogP contribution in [0.3, 0.4) is 0 Å². The second kappa shape index (κ2) is 10.6. The Morgan fingerprint density at radius 1 is 1.06 bits per heavy atom. The van der Waals surface area contributed by atoms with E-state index in [4.69, 9.17) is 27.9 Å². The summed E-state index contributed by atoms with van der Waals surface area (Å²) in [5.74, 6) is 0.829. The maximum atomic E-state index is 12.7. The highest BCUT2D eigenvalue weighted by Crippen LogP contribution is 2.31. The van der Waals surface area contributed by atoms with Crippen molar-refractivity contribution in [1.82, 2.24) is 4.90 Å². The molecule has 0 bridgehead atoms. The fraction of sp³-hybridized carbons (Fsp3) is 0.409. The molecule has 0 aliphatic carbocycles. The Bertz CT molecular complexity index is 1040. The van der Waals surface area contributed by atoms with Crippen molar-refractivity contribution in [3.05, 3.63) is 52.5 Å². The van der Waals surface area contributed by atoms with Crippen molar-refractivity contribution >= 4 is 50.5 Å². The van der Waals surface area contributed by atoms with Gasteiger partial charge in [0.05, 0.1) is 24.1 Å². The number of methoxy groups -OCH3 is 1. The highest BCUT2D eigenvalue weighted by atomic mass is 35.5. The second-order valence-corrected chi connectivity index (χ2v) is 10.4. The van der Waals surface area contributed by atoms with Gasteiger partial charge < -0.3 is 14.5 Å². The number of carbonyl (C=O) groups is 1. The number of anilines is 2. The van der Waals surface area contributed by atoms with Gasteiger partial charge in [0, 0.05) is 49.9 Å². The number of rotatable bonds is 8. The zero-order chi connectivity index (χ0) is 23.3. The number of halogens is 2. The summed E-state index contributed by atoms with van der Waals surface area (Å²) in [6.07, 6.45) is 1.75. The number of ether oxygens (including phenoxy) is 1. The van der Waals surface area contributed by atoms with Gasteiger partial charge in [-0.3, -0.25) is 9.10 Å². The Morgan fingerprint density at radius 2 is 1.72 bits per heavy atom. The first-order chi connectivity index (χ1) is 15.2. The third-order valence-electron chi connectivity index (χ3n) is 5.40. The van der Waals surface area contributed by atoms with E-state index in [9.17, 15) is 13.2 Å². The van der Waals surface area contributed by atoms with Gasteiger partial charge in [0.15, 0.2) is 0 Å². The van der Waals surface area contributed by atoms with Crippen molar-refractivity contribution in [2.75, 3.05) is 55.3 Å². The van der Waals surface area contributed by atoms with Crippen LogP contribution < -0.4 is 13.9 Å². The van der Waals surface area contributed by atoms with E-state index in [1.54, 1.807) is 19.2 Å². The first kappa shape index (κ1) is 24.5. The Labute approximate surface area is 199 Å². The van der Waals surface area contributed by atoms with Crippen molar-refractivity contribution in [2.45, 2.75) is 12.8 Å².